The topological polar surface area (TPSA) is 9.23 Å². The Morgan fingerprint density at radius 3 is 2.77 bits per heavy atom. The molecule has 0 heterocycles. The summed E-state index contributed by atoms with van der Waals surface area (Å²) in [5.74, 6) is 1.26. The Morgan fingerprint density at radius 1 is 1.54 bits per heavy atom. The van der Waals surface area contributed by atoms with Gasteiger partial charge in [0.1, 0.15) is 5.75 Å². The number of ether oxygens (including phenoxy) is 1. The maximum atomic E-state index is 5.71. The van der Waals surface area contributed by atoms with Crippen molar-refractivity contribution < 1.29 is 4.74 Å². The molecule has 0 amide bonds. The van der Waals surface area contributed by atoms with Crippen molar-refractivity contribution >= 4 is 17.2 Å². The second-order valence-electron chi connectivity index (χ2n) is 2.94. The van der Waals surface area contributed by atoms with Crippen LogP contribution in [0.4, 0.5) is 0 Å². The molecule has 0 spiro atoms. The van der Waals surface area contributed by atoms with Crippen molar-refractivity contribution in [3.63, 3.8) is 0 Å². The van der Waals surface area contributed by atoms with Crippen molar-refractivity contribution in [2.24, 2.45) is 0 Å². The first-order valence-corrected chi connectivity index (χ1v) is 4.61. The predicted octanol–water partition coefficient (Wildman–Crippen LogP) is 3.26. The zero-order valence-corrected chi connectivity index (χ0v) is 8.69. The number of aryl methyl sites for hydroxylation is 1. The van der Waals surface area contributed by atoms with Crippen molar-refractivity contribution in [2.75, 3.05) is 13.0 Å². The first kappa shape index (κ1) is 10.1. The first-order chi connectivity index (χ1) is 6.19. The molecule has 0 aliphatic carbocycles. The molecule has 2 heteroatoms. The van der Waals surface area contributed by atoms with Gasteiger partial charge in [-0.05, 0) is 24.6 Å². The number of benzene rings is 1. The molecule has 0 saturated carbocycles. The van der Waals surface area contributed by atoms with Crippen LogP contribution in [0.15, 0.2) is 24.8 Å². The minimum atomic E-state index is 0.430. The van der Waals surface area contributed by atoms with Crippen LogP contribution in [0.1, 0.15) is 11.1 Å². The summed E-state index contributed by atoms with van der Waals surface area (Å²) in [5.41, 5.74) is 3.07. The van der Waals surface area contributed by atoms with E-state index < -0.39 is 0 Å². The van der Waals surface area contributed by atoms with Gasteiger partial charge in [-0.3, -0.25) is 0 Å². The van der Waals surface area contributed by atoms with Crippen LogP contribution in [-0.2, 0) is 0 Å². The number of methoxy groups -OCH3 is 1. The van der Waals surface area contributed by atoms with Gasteiger partial charge in [-0.25, -0.2) is 0 Å². The highest BCUT2D eigenvalue weighted by Gasteiger charge is 2.05. The highest BCUT2D eigenvalue weighted by Crippen LogP contribution is 2.26. The van der Waals surface area contributed by atoms with Crippen molar-refractivity contribution in [2.45, 2.75) is 6.92 Å². The van der Waals surface area contributed by atoms with Gasteiger partial charge in [0.15, 0.2) is 0 Å². The largest absolute Gasteiger partial charge is 0.496 e. The van der Waals surface area contributed by atoms with E-state index in [4.69, 9.17) is 16.3 Å². The molecular weight excluding hydrogens is 184 g/mol. The molecule has 1 rings (SSSR count). The summed E-state index contributed by atoms with van der Waals surface area (Å²) in [7, 11) is 1.65. The third-order valence-corrected chi connectivity index (χ3v) is 2.22. The molecule has 1 aromatic carbocycles. The van der Waals surface area contributed by atoms with Crippen molar-refractivity contribution in [1.29, 1.82) is 0 Å². The van der Waals surface area contributed by atoms with E-state index in [1.54, 1.807) is 7.11 Å². The molecule has 70 valence electrons. The average Bonchev–Trinajstić information content (AvgIpc) is 2.16. The molecule has 0 fully saturated rings. The lowest BCUT2D eigenvalue weighted by Crippen LogP contribution is -1.92. The van der Waals surface area contributed by atoms with Crippen LogP contribution >= 0.6 is 11.6 Å². The summed E-state index contributed by atoms with van der Waals surface area (Å²) in [4.78, 5) is 0. The van der Waals surface area contributed by atoms with Crippen molar-refractivity contribution in [3.05, 3.63) is 35.9 Å². The summed E-state index contributed by atoms with van der Waals surface area (Å²) in [6, 6.07) is 5.97. The standard InChI is InChI=1S/C11H13ClO/c1-8-4-5-11(13-3)10(6-8)9(2)7-12/h4-6H,2,7H2,1,3H3. The SMILES string of the molecule is C=C(CCl)c1cc(C)ccc1OC. The molecule has 0 atom stereocenters. The quantitative estimate of drug-likeness (QED) is 0.675. The van der Waals surface area contributed by atoms with E-state index in [0.29, 0.717) is 5.88 Å². The Bertz CT molecular complexity index is 318. The zero-order valence-electron chi connectivity index (χ0n) is 7.93. The predicted molar refractivity (Wildman–Crippen MR) is 57.5 cm³/mol. The van der Waals surface area contributed by atoms with E-state index in [2.05, 4.69) is 6.58 Å². The minimum absolute atomic E-state index is 0.430. The van der Waals surface area contributed by atoms with Gasteiger partial charge in [-0.15, -0.1) is 11.6 Å². The number of alkyl halides is 1. The Morgan fingerprint density at radius 2 is 2.23 bits per heavy atom. The zero-order chi connectivity index (χ0) is 9.84. The molecule has 0 aliphatic rings. The highest BCUT2D eigenvalue weighted by molar-refractivity contribution is 6.23. The molecule has 0 unspecified atom stereocenters. The Kier molecular flexibility index (Phi) is 3.38. The maximum Gasteiger partial charge on any atom is 0.126 e. The fraction of sp³-hybridized carbons (Fsp3) is 0.273. The number of hydrogen-bond acceptors (Lipinski definition) is 1. The fourth-order valence-corrected chi connectivity index (χ4v) is 1.31. The minimum Gasteiger partial charge on any atom is -0.496 e. The molecule has 0 aromatic heterocycles. The molecule has 0 bridgehead atoms. The van der Waals surface area contributed by atoms with Gasteiger partial charge in [0.25, 0.3) is 0 Å². The van der Waals surface area contributed by atoms with E-state index in [1.807, 2.05) is 25.1 Å². The summed E-state index contributed by atoms with van der Waals surface area (Å²) in [6.07, 6.45) is 0. The third-order valence-electron chi connectivity index (χ3n) is 1.90. The molecule has 13 heavy (non-hydrogen) atoms. The summed E-state index contributed by atoms with van der Waals surface area (Å²) >= 11 is 5.71. The van der Waals surface area contributed by atoms with Gasteiger partial charge in [-0.2, -0.15) is 0 Å². The number of rotatable bonds is 3. The smallest absolute Gasteiger partial charge is 0.126 e. The molecule has 1 nitrogen and oxygen atoms in total. The second kappa shape index (κ2) is 4.33. The normalized spacial score (nSPS) is 9.77. The van der Waals surface area contributed by atoms with Gasteiger partial charge < -0.3 is 4.74 Å². The van der Waals surface area contributed by atoms with Gasteiger partial charge >= 0.3 is 0 Å². The summed E-state index contributed by atoms with van der Waals surface area (Å²) in [5, 5.41) is 0. The lowest BCUT2D eigenvalue weighted by atomic mass is 10.1. The van der Waals surface area contributed by atoms with Crippen LogP contribution in [0, 0.1) is 6.92 Å². The van der Waals surface area contributed by atoms with E-state index in [1.165, 1.54) is 5.56 Å². The second-order valence-corrected chi connectivity index (χ2v) is 3.21. The van der Waals surface area contributed by atoms with Gasteiger partial charge in [0.05, 0.1) is 7.11 Å². The molecular formula is C11H13ClO. The van der Waals surface area contributed by atoms with Gasteiger partial charge in [0.2, 0.25) is 0 Å². The Balaban J connectivity index is 3.15. The van der Waals surface area contributed by atoms with E-state index in [-0.39, 0.29) is 0 Å². The highest BCUT2D eigenvalue weighted by atomic mass is 35.5. The summed E-state index contributed by atoms with van der Waals surface area (Å²) in [6.45, 7) is 5.91. The van der Waals surface area contributed by atoms with Crippen molar-refractivity contribution in [1.82, 2.24) is 0 Å². The molecule has 0 saturated heterocycles. The number of halogens is 1. The van der Waals surface area contributed by atoms with Crippen molar-refractivity contribution in [3.8, 4) is 5.75 Å². The van der Waals surface area contributed by atoms with Crippen LogP contribution in [0.3, 0.4) is 0 Å². The number of hydrogen-bond donors (Lipinski definition) is 0. The molecule has 1 aromatic rings. The lowest BCUT2D eigenvalue weighted by molar-refractivity contribution is 0.413. The molecule has 0 aliphatic heterocycles. The fourth-order valence-electron chi connectivity index (χ4n) is 1.17. The summed E-state index contributed by atoms with van der Waals surface area (Å²) < 4.78 is 5.20. The molecule has 0 N–H and O–H groups in total. The monoisotopic (exact) mass is 196 g/mol. The number of allylic oxidation sites excluding steroid dienone is 1. The van der Waals surface area contributed by atoms with Crippen LogP contribution in [0.5, 0.6) is 5.75 Å². The first-order valence-electron chi connectivity index (χ1n) is 4.07. The Hall–Kier alpha value is -0.950. The molecule has 0 radical (unpaired) electrons. The van der Waals surface area contributed by atoms with Gasteiger partial charge in [0, 0.05) is 11.4 Å². The average molecular weight is 197 g/mol. The third kappa shape index (κ3) is 2.25. The Labute approximate surface area is 84.0 Å². The van der Waals surface area contributed by atoms with Gasteiger partial charge in [-0.1, -0.05) is 18.2 Å². The van der Waals surface area contributed by atoms with E-state index in [0.717, 1.165) is 16.9 Å². The lowest BCUT2D eigenvalue weighted by Gasteiger charge is -2.09. The maximum absolute atomic E-state index is 5.71. The van der Waals surface area contributed by atoms with E-state index in [9.17, 15) is 0 Å². The van der Waals surface area contributed by atoms with E-state index >= 15 is 0 Å². The van der Waals surface area contributed by atoms with Crippen LogP contribution in [-0.4, -0.2) is 13.0 Å². The van der Waals surface area contributed by atoms with Crippen LogP contribution < -0.4 is 4.74 Å². The van der Waals surface area contributed by atoms with Crippen LogP contribution in [0.25, 0.3) is 5.57 Å². The van der Waals surface area contributed by atoms with Crippen LogP contribution in [0.2, 0.25) is 0 Å².